The number of rotatable bonds is 9. The largest absolute Gasteiger partial charge is 0.496 e. The molecule has 4 aromatic carbocycles. The summed E-state index contributed by atoms with van der Waals surface area (Å²) in [4.78, 5) is 26.7. The van der Waals surface area contributed by atoms with Crippen molar-refractivity contribution >= 4 is 34.6 Å². The van der Waals surface area contributed by atoms with Gasteiger partial charge in [0.05, 0.1) is 19.8 Å². The summed E-state index contributed by atoms with van der Waals surface area (Å²) in [5.41, 5.74) is 2.28. The maximum atomic E-state index is 13.4. The molecule has 182 valence electrons. The monoisotopic (exact) mass is 518 g/mol. The van der Waals surface area contributed by atoms with Crippen LogP contribution in [0.5, 0.6) is 11.5 Å². The lowest BCUT2D eigenvalue weighted by molar-refractivity contribution is 0.0374. The van der Waals surface area contributed by atoms with Crippen molar-refractivity contribution in [3.63, 3.8) is 0 Å². The van der Waals surface area contributed by atoms with E-state index in [9.17, 15) is 9.59 Å². The zero-order chi connectivity index (χ0) is 25.5. The second-order valence-corrected chi connectivity index (χ2v) is 9.20. The summed E-state index contributed by atoms with van der Waals surface area (Å²) in [5.74, 6) is 0.278. The van der Waals surface area contributed by atoms with Crippen LogP contribution in [-0.4, -0.2) is 25.4 Å². The molecule has 0 heterocycles. The summed E-state index contributed by atoms with van der Waals surface area (Å²) in [6.45, 7) is 0. The van der Waals surface area contributed by atoms with E-state index in [2.05, 4.69) is 0 Å². The Balaban J connectivity index is 1.64. The van der Waals surface area contributed by atoms with Gasteiger partial charge in [-0.2, -0.15) is 0 Å². The van der Waals surface area contributed by atoms with E-state index in [1.54, 1.807) is 24.3 Å². The number of methoxy groups -OCH3 is 2. The summed E-state index contributed by atoms with van der Waals surface area (Å²) in [6.07, 6.45) is -0.584. The number of ether oxygens (including phenoxy) is 3. The summed E-state index contributed by atoms with van der Waals surface area (Å²) < 4.78 is 16.7. The van der Waals surface area contributed by atoms with Crippen LogP contribution in [0.2, 0.25) is 0 Å². The van der Waals surface area contributed by atoms with Gasteiger partial charge in [-0.3, -0.25) is 4.79 Å². The number of esters is 1. The van der Waals surface area contributed by atoms with Crippen molar-refractivity contribution in [2.24, 2.45) is 0 Å². The van der Waals surface area contributed by atoms with Gasteiger partial charge in [-0.15, -0.1) is 0 Å². The Bertz CT molecular complexity index is 1320. The van der Waals surface area contributed by atoms with E-state index in [1.807, 2.05) is 72.8 Å². The molecule has 4 rings (SSSR count). The fraction of sp³-hybridized carbons (Fsp3) is 0.103. The maximum absolute atomic E-state index is 13.4. The molecular formula is C29H23ClO5S. The van der Waals surface area contributed by atoms with Crippen LogP contribution >= 0.6 is 23.4 Å². The van der Waals surface area contributed by atoms with E-state index in [1.165, 1.54) is 26.0 Å². The first-order valence-electron chi connectivity index (χ1n) is 11.0. The fourth-order valence-corrected chi connectivity index (χ4v) is 4.75. The fourth-order valence-electron chi connectivity index (χ4n) is 3.71. The molecule has 0 bridgehead atoms. The van der Waals surface area contributed by atoms with Crippen molar-refractivity contribution in [2.75, 3.05) is 14.2 Å². The van der Waals surface area contributed by atoms with Crippen LogP contribution in [0.1, 0.15) is 37.9 Å². The van der Waals surface area contributed by atoms with Crippen molar-refractivity contribution in [1.29, 1.82) is 0 Å². The first-order chi connectivity index (χ1) is 17.5. The summed E-state index contributed by atoms with van der Waals surface area (Å²) in [7, 11) is 2.98. The maximum Gasteiger partial charge on any atom is 0.342 e. The lowest BCUT2D eigenvalue weighted by Gasteiger charge is -2.20. The summed E-state index contributed by atoms with van der Waals surface area (Å²) in [5, 5.41) is -0.610. The van der Waals surface area contributed by atoms with E-state index >= 15 is 0 Å². The number of carbonyl (C=O) groups is 2. The molecule has 0 saturated carbocycles. The Morgan fingerprint density at radius 2 is 1.17 bits per heavy atom. The zero-order valence-electron chi connectivity index (χ0n) is 19.6. The molecule has 0 amide bonds. The number of carbonyl (C=O) groups excluding carboxylic acids is 2. The van der Waals surface area contributed by atoms with Crippen LogP contribution in [0.25, 0.3) is 0 Å². The average molecular weight is 519 g/mol. The standard InChI is InChI=1S/C29H23ClO5S/c1-33-25-15-13-21(17-23(25)28(30)31)36-22-14-16-26(34-2)24(18-22)29(32)35-27(19-9-5-3-6-10-19)20-11-7-4-8-12-20/h3-18,27H,1-2H3. The smallest absolute Gasteiger partial charge is 0.342 e. The van der Waals surface area contributed by atoms with E-state index in [4.69, 9.17) is 25.8 Å². The molecule has 0 radical (unpaired) electrons. The van der Waals surface area contributed by atoms with Gasteiger partial charge >= 0.3 is 5.97 Å². The predicted molar refractivity (Wildman–Crippen MR) is 140 cm³/mol. The van der Waals surface area contributed by atoms with E-state index in [0.29, 0.717) is 17.1 Å². The number of hydrogen-bond donors (Lipinski definition) is 0. The van der Waals surface area contributed by atoms with Crippen molar-refractivity contribution in [3.8, 4) is 11.5 Å². The summed E-state index contributed by atoms with van der Waals surface area (Å²) in [6, 6.07) is 29.6. The van der Waals surface area contributed by atoms with Crippen LogP contribution in [0, 0.1) is 0 Å². The van der Waals surface area contributed by atoms with Gasteiger partial charge in [-0.25, -0.2) is 4.79 Å². The van der Waals surface area contributed by atoms with Gasteiger partial charge in [0.2, 0.25) is 0 Å². The molecule has 5 nitrogen and oxygen atoms in total. The van der Waals surface area contributed by atoms with Crippen LogP contribution in [0.3, 0.4) is 0 Å². The molecule has 36 heavy (non-hydrogen) atoms. The van der Waals surface area contributed by atoms with Crippen LogP contribution in [0.4, 0.5) is 0 Å². The highest BCUT2D eigenvalue weighted by atomic mass is 35.5. The van der Waals surface area contributed by atoms with Gasteiger partial charge in [0.25, 0.3) is 5.24 Å². The van der Waals surface area contributed by atoms with Gasteiger partial charge in [0, 0.05) is 9.79 Å². The molecule has 0 aliphatic heterocycles. The SMILES string of the molecule is COc1ccc(Sc2ccc(OC)c(C(=O)OC(c3ccccc3)c3ccccc3)c2)cc1C(=O)Cl. The highest BCUT2D eigenvalue weighted by Crippen LogP contribution is 2.35. The van der Waals surface area contributed by atoms with Crippen molar-refractivity contribution < 1.29 is 23.8 Å². The molecule has 0 spiro atoms. The minimum atomic E-state index is -0.610. The van der Waals surface area contributed by atoms with Gasteiger partial charge in [0.1, 0.15) is 17.1 Å². The zero-order valence-corrected chi connectivity index (χ0v) is 21.2. The lowest BCUT2D eigenvalue weighted by atomic mass is 10.0. The Morgan fingerprint density at radius 1 is 0.694 bits per heavy atom. The Morgan fingerprint density at radius 3 is 1.64 bits per heavy atom. The second kappa shape index (κ2) is 11.8. The molecule has 0 unspecified atom stereocenters. The molecule has 0 aliphatic rings. The van der Waals surface area contributed by atoms with Crippen molar-refractivity contribution in [1.82, 2.24) is 0 Å². The molecule has 0 fully saturated rings. The van der Waals surface area contributed by atoms with Crippen LogP contribution < -0.4 is 9.47 Å². The van der Waals surface area contributed by atoms with Crippen molar-refractivity contribution in [2.45, 2.75) is 15.9 Å². The third-order valence-corrected chi connectivity index (χ3v) is 6.62. The molecule has 4 aromatic rings. The van der Waals surface area contributed by atoms with Gasteiger partial charge < -0.3 is 14.2 Å². The Labute approximate surface area is 219 Å². The first-order valence-corrected chi connectivity index (χ1v) is 12.2. The van der Waals surface area contributed by atoms with E-state index in [-0.39, 0.29) is 5.56 Å². The van der Waals surface area contributed by atoms with Gasteiger partial charge in [0.15, 0.2) is 6.10 Å². The van der Waals surface area contributed by atoms with Crippen LogP contribution in [-0.2, 0) is 4.74 Å². The minimum Gasteiger partial charge on any atom is -0.496 e. The third-order valence-electron chi connectivity index (χ3n) is 5.44. The lowest BCUT2D eigenvalue weighted by Crippen LogP contribution is -2.14. The van der Waals surface area contributed by atoms with Crippen molar-refractivity contribution in [3.05, 3.63) is 119 Å². The highest BCUT2D eigenvalue weighted by Gasteiger charge is 2.23. The Hall–Kier alpha value is -3.74. The third kappa shape index (κ3) is 5.90. The van der Waals surface area contributed by atoms with Crippen LogP contribution in [0.15, 0.2) is 107 Å². The second-order valence-electron chi connectivity index (χ2n) is 7.71. The highest BCUT2D eigenvalue weighted by molar-refractivity contribution is 7.99. The number of hydrogen-bond acceptors (Lipinski definition) is 6. The van der Waals surface area contributed by atoms with Gasteiger partial charge in [-0.05, 0) is 59.1 Å². The molecule has 7 heteroatoms. The normalized spacial score (nSPS) is 10.7. The first kappa shape index (κ1) is 25.4. The quantitative estimate of drug-likeness (QED) is 0.173. The molecule has 0 aromatic heterocycles. The predicted octanol–water partition coefficient (Wildman–Crippen LogP) is 7.18. The topological polar surface area (TPSA) is 61.8 Å². The molecule has 0 N–H and O–H groups in total. The molecule has 0 saturated heterocycles. The minimum absolute atomic E-state index is 0.269. The van der Waals surface area contributed by atoms with E-state index < -0.39 is 17.3 Å². The van der Waals surface area contributed by atoms with E-state index in [0.717, 1.165) is 20.9 Å². The molecule has 0 atom stereocenters. The number of halogens is 1. The summed E-state index contributed by atoms with van der Waals surface area (Å²) >= 11 is 7.08. The number of benzene rings is 4. The average Bonchev–Trinajstić information content (AvgIpc) is 2.92. The molecule has 0 aliphatic carbocycles. The Kier molecular flexibility index (Phi) is 8.31. The van der Waals surface area contributed by atoms with Gasteiger partial charge in [-0.1, -0.05) is 72.4 Å². The molecular weight excluding hydrogens is 496 g/mol.